The summed E-state index contributed by atoms with van der Waals surface area (Å²) < 4.78 is 0. The lowest BCUT2D eigenvalue weighted by atomic mass is 10.1. The minimum absolute atomic E-state index is 0.00343. The number of nitrogens with one attached hydrogen (secondary N) is 1. The van der Waals surface area contributed by atoms with Crippen molar-refractivity contribution in [2.45, 2.75) is 6.92 Å². The van der Waals surface area contributed by atoms with Crippen LogP contribution in [0.2, 0.25) is 0 Å². The average Bonchev–Trinajstić information content (AvgIpc) is 2.38. The van der Waals surface area contributed by atoms with E-state index in [4.69, 9.17) is 5.26 Å². The molecule has 0 bridgehead atoms. The molecule has 0 fully saturated rings. The molecule has 1 aromatic carbocycles. The van der Waals surface area contributed by atoms with E-state index in [1.54, 1.807) is 25.2 Å². The largest absolute Gasteiger partial charge is 0.355 e. The van der Waals surface area contributed by atoms with Gasteiger partial charge in [-0.05, 0) is 25.1 Å². The first kappa shape index (κ1) is 13.7. The molecular weight excluding hydrogens is 230 g/mol. The van der Waals surface area contributed by atoms with Crippen molar-refractivity contribution < 1.29 is 9.59 Å². The van der Waals surface area contributed by atoms with Crippen LogP contribution in [-0.2, 0) is 4.79 Å². The lowest BCUT2D eigenvalue weighted by Gasteiger charge is -2.16. The highest BCUT2D eigenvalue weighted by Gasteiger charge is 2.14. The van der Waals surface area contributed by atoms with Gasteiger partial charge in [-0.25, -0.2) is 0 Å². The van der Waals surface area contributed by atoms with Gasteiger partial charge >= 0.3 is 0 Å². The van der Waals surface area contributed by atoms with Crippen LogP contribution in [-0.4, -0.2) is 36.9 Å². The van der Waals surface area contributed by atoms with Crippen LogP contribution >= 0.6 is 0 Å². The van der Waals surface area contributed by atoms with Crippen molar-refractivity contribution in [1.29, 1.82) is 5.26 Å². The number of hydrogen-bond donors (Lipinski definition) is 1. The quantitative estimate of drug-likeness (QED) is 0.851. The van der Waals surface area contributed by atoms with Gasteiger partial charge in [0, 0.05) is 19.2 Å². The second kappa shape index (κ2) is 6.40. The topological polar surface area (TPSA) is 73.2 Å². The van der Waals surface area contributed by atoms with Gasteiger partial charge in [0.25, 0.3) is 5.91 Å². The van der Waals surface area contributed by atoms with Gasteiger partial charge in [0.05, 0.1) is 18.2 Å². The Morgan fingerprint density at radius 3 is 2.78 bits per heavy atom. The van der Waals surface area contributed by atoms with E-state index >= 15 is 0 Å². The molecular formula is C13H15N3O2. The zero-order chi connectivity index (χ0) is 13.5. The van der Waals surface area contributed by atoms with E-state index < -0.39 is 0 Å². The number of carbonyl (C=O) groups excluding carboxylic acids is 2. The molecule has 5 heteroatoms. The molecule has 0 unspecified atom stereocenters. The van der Waals surface area contributed by atoms with Crippen LogP contribution in [0.15, 0.2) is 24.3 Å². The van der Waals surface area contributed by atoms with E-state index in [1.165, 1.54) is 11.0 Å². The number of nitrogens with zero attached hydrogens (tertiary/aromatic N) is 2. The minimum atomic E-state index is -0.279. The summed E-state index contributed by atoms with van der Waals surface area (Å²) in [5.41, 5.74) is 0.827. The number of benzene rings is 1. The first-order valence-electron chi connectivity index (χ1n) is 5.60. The minimum Gasteiger partial charge on any atom is -0.355 e. The maximum absolute atomic E-state index is 12.0. The normalized spacial score (nSPS) is 9.39. The van der Waals surface area contributed by atoms with Crippen molar-refractivity contribution in [3.63, 3.8) is 0 Å². The molecule has 1 aromatic rings. The van der Waals surface area contributed by atoms with Crippen LogP contribution in [0.1, 0.15) is 22.8 Å². The predicted molar refractivity (Wildman–Crippen MR) is 66.8 cm³/mol. The summed E-state index contributed by atoms with van der Waals surface area (Å²) in [6.45, 7) is 2.35. The van der Waals surface area contributed by atoms with Gasteiger partial charge in [-0.15, -0.1) is 0 Å². The van der Waals surface area contributed by atoms with E-state index in [0.29, 0.717) is 17.7 Å². The molecule has 1 rings (SSSR count). The summed E-state index contributed by atoms with van der Waals surface area (Å²) in [6.07, 6.45) is 0. The van der Waals surface area contributed by atoms with E-state index in [1.807, 2.05) is 13.0 Å². The van der Waals surface area contributed by atoms with E-state index in [0.717, 1.165) is 0 Å². The van der Waals surface area contributed by atoms with Crippen LogP contribution in [0.5, 0.6) is 0 Å². The van der Waals surface area contributed by atoms with E-state index in [-0.39, 0.29) is 18.4 Å². The second-order valence-electron chi connectivity index (χ2n) is 3.81. The Morgan fingerprint density at radius 2 is 2.17 bits per heavy atom. The summed E-state index contributed by atoms with van der Waals surface area (Å²) in [5, 5.41) is 11.4. The monoisotopic (exact) mass is 245 g/mol. The van der Waals surface area contributed by atoms with Gasteiger partial charge in [-0.2, -0.15) is 5.26 Å². The summed E-state index contributed by atoms with van der Waals surface area (Å²) in [7, 11) is 1.55. The number of rotatable bonds is 4. The molecule has 0 spiro atoms. The van der Waals surface area contributed by atoms with Crippen LogP contribution < -0.4 is 5.32 Å². The summed E-state index contributed by atoms with van der Waals surface area (Å²) in [5.74, 6) is -0.483. The fourth-order valence-electron chi connectivity index (χ4n) is 1.48. The molecule has 94 valence electrons. The van der Waals surface area contributed by atoms with Crippen LogP contribution in [0, 0.1) is 11.3 Å². The van der Waals surface area contributed by atoms with Crippen molar-refractivity contribution in [3.05, 3.63) is 35.4 Å². The molecule has 0 heterocycles. The van der Waals surface area contributed by atoms with E-state index in [2.05, 4.69) is 5.32 Å². The molecule has 18 heavy (non-hydrogen) atoms. The molecule has 0 aliphatic rings. The molecule has 0 saturated carbocycles. The van der Waals surface area contributed by atoms with Crippen LogP contribution in [0.25, 0.3) is 0 Å². The van der Waals surface area contributed by atoms with Gasteiger partial charge in [0.1, 0.15) is 0 Å². The Morgan fingerprint density at radius 1 is 1.44 bits per heavy atom. The Balaban J connectivity index is 2.74. The summed E-state index contributed by atoms with van der Waals surface area (Å²) >= 11 is 0. The smallest absolute Gasteiger partial charge is 0.254 e. The van der Waals surface area contributed by atoms with Crippen molar-refractivity contribution in [1.82, 2.24) is 10.2 Å². The Kier molecular flexibility index (Phi) is 4.88. The lowest BCUT2D eigenvalue weighted by Crippen LogP contribution is -2.38. The highest BCUT2D eigenvalue weighted by molar-refractivity contribution is 5.96. The van der Waals surface area contributed by atoms with Crippen molar-refractivity contribution in [2.24, 2.45) is 0 Å². The molecule has 2 amide bonds. The zero-order valence-electron chi connectivity index (χ0n) is 10.4. The van der Waals surface area contributed by atoms with Gasteiger partial charge in [0.2, 0.25) is 5.91 Å². The second-order valence-corrected chi connectivity index (χ2v) is 3.81. The molecule has 0 radical (unpaired) electrons. The SMILES string of the molecule is CCNC(=O)CN(C)C(=O)c1cccc(C#N)c1. The number of nitriles is 1. The van der Waals surface area contributed by atoms with Gasteiger partial charge in [0.15, 0.2) is 0 Å². The number of hydrogen-bond acceptors (Lipinski definition) is 3. The molecule has 0 aliphatic heterocycles. The van der Waals surface area contributed by atoms with Crippen molar-refractivity contribution in [3.8, 4) is 6.07 Å². The third kappa shape index (κ3) is 3.59. The molecule has 0 atom stereocenters. The molecule has 1 N–H and O–H groups in total. The standard InChI is InChI=1S/C13H15N3O2/c1-3-15-12(17)9-16(2)13(18)11-6-4-5-10(7-11)8-14/h4-7H,3,9H2,1-2H3,(H,15,17). The zero-order valence-corrected chi connectivity index (χ0v) is 10.4. The van der Waals surface area contributed by atoms with Gasteiger partial charge < -0.3 is 10.2 Å². The highest BCUT2D eigenvalue weighted by atomic mass is 16.2. The van der Waals surface area contributed by atoms with E-state index in [9.17, 15) is 9.59 Å². The molecule has 0 aromatic heterocycles. The summed E-state index contributed by atoms with van der Waals surface area (Å²) in [6, 6.07) is 8.38. The maximum Gasteiger partial charge on any atom is 0.254 e. The first-order valence-corrected chi connectivity index (χ1v) is 5.60. The third-order valence-corrected chi connectivity index (χ3v) is 2.34. The fraction of sp³-hybridized carbons (Fsp3) is 0.308. The lowest BCUT2D eigenvalue weighted by molar-refractivity contribution is -0.121. The first-order chi connectivity index (χ1) is 8.58. The van der Waals surface area contributed by atoms with Gasteiger partial charge in [-0.3, -0.25) is 9.59 Å². The molecule has 5 nitrogen and oxygen atoms in total. The maximum atomic E-state index is 12.0. The highest BCUT2D eigenvalue weighted by Crippen LogP contribution is 2.06. The van der Waals surface area contributed by atoms with Crippen molar-refractivity contribution in [2.75, 3.05) is 20.1 Å². The number of carbonyl (C=O) groups is 2. The number of amides is 2. The van der Waals surface area contributed by atoms with Gasteiger partial charge in [-0.1, -0.05) is 6.07 Å². The van der Waals surface area contributed by atoms with Crippen LogP contribution in [0.4, 0.5) is 0 Å². The molecule has 0 saturated heterocycles. The Hall–Kier alpha value is -2.35. The average molecular weight is 245 g/mol. The third-order valence-electron chi connectivity index (χ3n) is 2.34. The van der Waals surface area contributed by atoms with Crippen molar-refractivity contribution >= 4 is 11.8 Å². The predicted octanol–water partition coefficient (Wildman–Crippen LogP) is 0.766. The Bertz CT molecular complexity index is 491. The van der Waals surface area contributed by atoms with Crippen LogP contribution in [0.3, 0.4) is 0 Å². The fourth-order valence-corrected chi connectivity index (χ4v) is 1.48. The molecule has 0 aliphatic carbocycles. The number of likely N-dealkylation sites (N-methyl/N-ethyl adjacent to an activating group) is 2. The Labute approximate surface area is 106 Å². The summed E-state index contributed by atoms with van der Waals surface area (Å²) in [4.78, 5) is 24.7.